The highest BCUT2D eigenvalue weighted by atomic mass is 32.1. The predicted octanol–water partition coefficient (Wildman–Crippen LogP) is 1.62. The molecule has 9 nitrogen and oxygen atoms in total. The zero-order valence-corrected chi connectivity index (χ0v) is 13.8. The van der Waals surface area contributed by atoms with Crippen LogP contribution < -0.4 is 4.90 Å². The highest BCUT2D eigenvalue weighted by molar-refractivity contribution is 6.99. The van der Waals surface area contributed by atoms with Crippen LogP contribution in [0.4, 0.5) is 5.88 Å². The van der Waals surface area contributed by atoms with E-state index in [2.05, 4.69) is 13.7 Å². The third-order valence-electron chi connectivity index (χ3n) is 3.88. The summed E-state index contributed by atoms with van der Waals surface area (Å²) in [5, 5.41) is 9.32. The summed E-state index contributed by atoms with van der Waals surface area (Å²) >= 11 is 1.01. The first-order valence-corrected chi connectivity index (χ1v) is 8.26. The van der Waals surface area contributed by atoms with Gasteiger partial charge in [0.2, 0.25) is 11.6 Å². The molecule has 25 heavy (non-hydrogen) atoms. The maximum atomic E-state index is 12.3. The standard InChI is InChI=1S/C15H12N6O3S/c16-8-10-15(24-13(18-10)12-2-1-7-23-12)21-5-3-20(4-6-21)14(22)11-9-17-25-19-11/h1-2,7,9H,3-6H2. The van der Waals surface area contributed by atoms with Gasteiger partial charge in [-0.15, -0.1) is 0 Å². The SMILES string of the molecule is N#Cc1nc(-c2ccco2)oc1N1CCN(C(=O)c2cnsn2)CC1. The summed E-state index contributed by atoms with van der Waals surface area (Å²) in [6.07, 6.45) is 2.99. The van der Waals surface area contributed by atoms with Crippen molar-refractivity contribution < 1.29 is 13.6 Å². The molecular weight excluding hydrogens is 344 g/mol. The minimum Gasteiger partial charge on any atom is -0.459 e. The minimum absolute atomic E-state index is 0.136. The highest BCUT2D eigenvalue weighted by Crippen LogP contribution is 2.29. The molecule has 4 rings (SSSR count). The van der Waals surface area contributed by atoms with E-state index in [1.54, 1.807) is 17.0 Å². The van der Waals surface area contributed by atoms with Crippen molar-refractivity contribution >= 4 is 23.5 Å². The molecule has 0 bridgehead atoms. The van der Waals surface area contributed by atoms with Crippen LogP contribution in [0.5, 0.6) is 0 Å². The van der Waals surface area contributed by atoms with Crippen LogP contribution in [0.1, 0.15) is 16.2 Å². The topological polar surface area (TPSA) is 112 Å². The molecule has 0 aromatic carbocycles. The van der Waals surface area contributed by atoms with Gasteiger partial charge in [0.1, 0.15) is 6.07 Å². The molecule has 0 unspecified atom stereocenters. The number of furan rings is 1. The van der Waals surface area contributed by atoms with Crippen LogP contribution in [-0.4, -0.2) is 50.7 Å². The van der Waals surface area contributed by atoms with E-state index in [1.165, 1.54) is 12.5 Å². The van der Waals surface area contributed by atoms with Gasteiger partial charge in [-0.3, -0.25) is 4.79 Å². The molecule has 1 fully saturated rings. The Labute approximate surface area is 146 Å². The average molecular weight is 356 g/mol. The van der Waals surface area contributed by atoms with E-state index in [9.17, 15) is 10.1 Å². The molecule has 0 atom stereocenters. The lowest BCUT2D eigenvalue weighted by Gasteiger charge is -2.34. The van der Waals surface area contributed by atoms with E-state index in [0.29, 0.717) is 43.5 Å². The summed E-state index contributed by atoms with van der Waals surface area (Å²) in [4.78, 5) is 20.1. The molecule has 3 aromatic rings. The Kier molecular flexibility index (Phi) is 3.91. The van der Waals surface area contributed by atoms with Crippen molar-refractivity contribution in [1.82, 2.24) is 18.6 Å². The summed E-state index contributed by atoms with van der Waals surface area (Å²) in [5.74, 6) is 0.996. The second-order valence-electron chi connectivity index (χ2n) is 5.33. The number of oxazole rings is 1. The number of aromatic nitrogens is 3. The quantitative estimate of drug-likeness (QED) is 0.696. The molecule has 0 radical (unpaired) electrons. The number of amides is 1. The summed E-state index contributed by atoms with van der Waals surface area (Å²) < 4.78 is 18.8. The zero-order valence-electron chi connectivity index (χ0n) is 13.0. The van der Waals surface area contributed by atoms with Gasteiger partial charge in [0, 0.05) is 26.2 Å². The van der Waals surface area contributed by atoms with Crippen LogP contribution in [-0.2, 0) is 0 Å². The average Bonchev–Trinajstić information content (AvgIpc) is 3.42. The van der Waals surface area contributed by atoms with Crippen molar-refractivity contribution in [1.29, 1.82) is 5.26 Å². The fraction of sp³-hybridized carbons (Fsp3) is 0.267. The van der Waals surface area contributed by atoms with Gasteiger partial charge >= 0.3 is 0 Å². The van der Waals surface area contributed by atoms with Crippen LogP contribution in [0.2, 0.25) is 0 Å². The van der Waals surface area contributed by atoms with E-state index < -0.39 is 0 Å². The number of anilines is 1. The number of piperazine rings is 1. The maximum Gasteiger partial charge on any atom is 0.275 e. The molecule has 1 amide bonds. The Morgan fingerprint density at radius 3 is 2.80 bits per heavy atom. The normalized spacial score (nSPS) is 14.5. The Bertz CT molecular complexity index is 904. The van der Waals surface area contributed by atoms with Gasteiger partial charge in [-0.2, -0.15) is 19.0 Å². The molecule has 4 heterocycles. The highest BCUT2D eigenvalue weighted by Gasteiger charge is 2.28. The number of carbonyl (C=O) groups is 1. The minimum atomic E-state index is -0.136. The molecule has 1 aliphatic heterocycles. The number of carbonyl (C=O) groups excluding carboxylic acids is 1. The van der Waals surface area contributed by atoms with Crippen LogP contribution in [0.15, 0.2) is 33.4 Å². The third kappa shape index (κ3) is 2.85. The van der Waals surface area contributed by atoms with Gasteiger partial charge in [-0.1, -0.05) is 0 Å². The van der Waals surface area contributed by atoms with Gasteiger partial charge < -0.3 is 18.6 Å². The third-order valence-corrected chi connectivity index (χ3v) is 4.36. The smallest absolute Gasteiger partial charge is 0.275 e. The van der Waals surface area contributed by atoms with Crippen LogP contribution in [0.25, 0.3) is 11.7 Å². The lowest BCUT2D eigenvalue weighted by molar-refractivity contribution is 0.0740. The maximum absolute atomic E-state index is 12.3. The van der Waals surface area contributed by atoms with Gasteiger partial charge in [0.25, 0.3) is 11.8 Å². The van der Waals surface area contributed by atoms with Gasteiger partial charge in [0.15, 0.2) is 11.5 Å². The zero-order chi connectivity index (χ0) is 17.2. The number of nitrogens with zero attached hydrogens (tertiary/aromatic N) is 6. The number of nitriles is 1. The largest absolute Gasteiger partial charge is 0.459 e. The van der Waals surface area contributed by atoms with Crippen molar-refractivity contribution in [3.63, 3.8) is 0 Å². The van der Waals surface area contributed by atoms with Crippen molar-refractivity contribution in [2.24, 2.45) is 0 Å². The first-order chi connectivity index (χ1) is 12.3. The van der Waals surface area contributed by atoms with Crippen molar-refractivity contribution in [2.45, 2.75) is 0 Å². The number of hydrogen-bond acceptors (Lipinski definition) is 9. The number of hydrogen-bond donors (Lipinski definition) is 0. The van der Waals surface area contributed by atoms with Crippen LogP contribution in [0.3, 0.4) is 0 Å². The number of rotatable bonds is 3. The molecule has 1 saturated heterocycles. The summed E-state index contributed by atoms with van der Waals surface area (Å²) in [7, 11) is 0. The Morgan fingerprint density at radius 1 is 1.32 bits per heavy atom. The first-order valence-electron chi connectivity index (χ1n) is 7.53. The summed E-state index contributed by atoms with van der Waals surface area (Å²) in [5.41, 5.74) is 0.561. The van der Waals surface area contributed by atoms with E-state index in [0.717, 1.165) is 11.7 Å². The fourth-order valence-corrected chi connectivity index (χ4v) is 3.05. The molecule has 126 valence electrons. The summed E-state index contributed by atoms with van der Waals surface area (Å²) in [6, 6.07) is 5.49. The van der Waals surface area contributed by atoms with Crippen LogP contribution >= 0.6 is 11.7 Å². The first kappa shape index (κ1) is 15.3. The van der Waals surface area contributed by atoms with E-state index in [1.807, 2.05) is 11.0 Å². The molecule has 0 spiro atoms. The van der Waals surface area contributed by atoms with Gasteiger partial charge in [-0.25, -0.2) is 0 Å². The van der Waals surface area contributed by atoms with Crippen molar-refractivity contribution in [2.75, 3.05) is 31.1 Å². The second kappa shape index (κ2) is 6.37. The second-order valence-corrected chi connectivity index (χ2v) is 5.89. The van der Waals surface area contributed by atoms with Gasteiger partial charge in [0.05, 0.1) is 24.2 Å². The fourth-order valence-electron chi connectivity index (χ4n) is 2.64. The lowest BCUT2D eigenvalue weighted by atomic mass is 10.3. The molecular formula is C15H12N6O3S. The molecule has 0 aliphatic carbocycles. The van der Waals surface area contributed by atoms with Crippen molar-refractivity contribution in [3.05, 3.63) is 36.0 Å². The van der Waals surface area contributed by atoms with E-state index >= 15 is 0 Å². The van der Waals surface area contributed by atoms with E-state index in [-0.39, 0.29) is 17.5 Å². The van der Waals surface area contributed by atoms with Gasteiger partial charge in [-0.05, 0) is 12.1 Å². The Morgan fingerprint density at radius 2 is 2.16 bits per heavy atom. The van der Waals surface area contributed by atoms with Crippen LogP contribution in [0, 0.1) is 11.3 Å². The molecule has 0 saturated carbocycles. The molecule has 0 N–H and O–H groups in total. The predicted molar refractivity (Wildman–Crippen MR) is 86.9 cm³/mol. The Balaban J connectivity index is 1.49. The molecule has 1 aliphatic rings. The molecule has 3 aromatic heterocycles. The molecule has 10 heteroatoms. The summed E-state index contributed by atoms with van der Waals surface area (Å²) in [6.45, 7) is 2.06. The Hall–Kier alpha value is -3.19. The van der Waals surface area contributed by atoms with E-state index in [4.69, 9.17) is 8.83 Å². The van der Waals surface area contributed by atoms with Crippen molar-refractivity contribution in [3.8, 4) is 17.7 Å². The lowest BCUT2D eigenvalue weighted by Crippen LogP contribution is -2.49. The monoisotopic (exact) mass is 356 g/mol.